The van der Waals surface area contributed by atoms with Gasteiger partial charge in [-0.05, 0) is 84.8 Å². The van der Waals surface area contributed by atoms with Crippen LogP contribution >= 0.6 is 11.8 Å². The number of amides is 2. The number of carbonyl (C=O) groups is 2. The lowest BCUT2D eigenvalue weighted by Crippen LogP contribution is -2.20. The number of hydrogen-bond donors (Lipinski definition) is 2. The Morgan fingerprint density at radius 1 is 1.03 bits per heavy atom. The summed E-state index contributed by atoms with van der Waals surface area (Å²) in [6, 6.07) is 22.5. The molecule has 0 aromatic heterocycles. The predicted molar refractivity (Wildman–Crippen MR) is 134 cm³/mol. The van der Waals surface area contributed by atoms with Crippen molar-refractivity contribution in [1.82, 2.24) is 5.32 Å². The maximum atomic E-state index is 12.3. The molecule has 166 valence electrons. The topological polar surface area (TPSA) is 79.8 Å². The lowest BCUT2D eigenvalue weighted by atomic mass is 10.1. The smallest absolute Gasteiger partial charge is 0.264 e. The van der Waals surface area contributed by atoms with E-state index in [1.807, 2.05) is 74.5 Å². The fourth-order valence-corrected chi connectivity index (χ4v) is 3.92. The monoisotopic (exact) mass is 457 g/mol. The zero-order chi connectivity index (χ0) is 23.2. The maximum Gasteiger partial charge on any atom is 0.264 e. The first-order chi connectivity index (χ1) is 16.0. The van der Waals surface area contributed by atoms with Crippen LogP contribution in [0.25, 0.3) is 6.08 Å². The van der Waals surface area contributed by atoms with Crippen molar-refractivity contribution in [3.8, 4) is 5.75 Å². The average Bonchev–Trinajstić information content (AvgIpc) is 3.15. The Bertz CT molecular complexity index is 1240. The number of amidine groups is 1. The molecule has 1 aliphatic rings. The number of aryl methyl sites for hydroxylation is 2. The molecule has 0 unspecified atom stereocenters. The summed E-state index contributed by atoms with van der Waals surface area (Å²) in [5.74, 6) is 0.161. The Kier molecular flexibility index (Phi) is 6.90. The van der Waals surface area contributed by atoms with Crippen LogP contribution in [0.2, 0.25) is 0 Å². The fraction of sp³-hybridized carbons (Fsp3) is 0.115. The molecule has 2 N–H and O–H groups in total. The fourth-order valence-electron chi connectivity index (χ4n) is 3.08. The zero-order valence-corrected chi connectivity index (χ0v) is 19.1. The second kappa shape index (κ2) is 10.2. The Hall–Kier alpha value is -3.84. The van der Waals surface area contributed by atoms with Crippen molar-refractivity contribution >= 4 is 46.2 Å². The highest BCUT2D eigenvalue weighted by atomic mass is 32.2. The number of anilines is 1. The Balaban J connectivity index is 1.33. The first-order valence-electron chi connectivity index (χ1n) is 10.4. The van der Waals surface area contributed by atoms with E-state index in [-0.39, 0.29) is 18.4 Å². The van der Waals surface area contributed by atoms with Crippen LogP contribution in [0.4, 0.5) is 11.4 Å². The van der Waals surface area contributed by atoms with Crippen LogP contribution in [-0.2, 0) is 9.59 Å². The second-order valence-corrected chi connectivity index (χ2v) is 8.55. The summed E-state index contributed by atoms with van der Waals surface area (Å²) >= 11 is 1.30. The third kappa shape index (κ3) is 6.11. The van der Waals surface area contributed by atoms with E-state index in [2.05, 4.69) is 15.6 Å². The molecule has 0 aliphatic carbocycles. The molecule has 6 nitrogen and oxygen atoms in total. The normalized spacial score (nSPS) is 15.5. The highest BCUT2D eigenvalue weighted by Crippen LogP contribution is 2.28. The number of nitrogens with zero attached hydrogens (tertiary/aromatic N) is 1. The van der Waals surface area contributed by atoms with Gasteiger partial charge in [0.05, 0.1) is 10.6 Å². The summed E-state index contributed by atoms with van der Waals surface area (Å²) in [4.78, 5) is 29.4. The molecular formula is C26H23N3O3S. The summed E-state index contributed by atoms with van der Waals surface area (Å²) in [6.45, 7) is 3.94. The lowest BCUT2D eigenvalue weighted by molar-refractivity contribution is -0.118. The van der Waals surface area contributed by atoms with Crippen LogP contribution in [0.3, 0.4) is 0 Å². The van der Waals surface area contributed by atoms with Crippen molar-refractivity contribution in [1.29, 1.82) is 0 Å². The van der Waals surface area contributed by atoms with Crippen molar-refractivity contribution in [2.45, 2.75) is 13.8 Å². The lowest BCUT2D eigenvalue weighted by Gasteiger charge is -2.09. The van der Waals surface area contributed by atoms with Crippen LogP contribution in [0.1, 0.15) is 16.7 Å². The van der Waals surface area contributed by atoms with Gasteiger partial charge in [0.2, 0.25) is 0 Å². The number of benzene rings is 3. The van der Waals surface area contributed by atoms with Crippen LogP contribution in [0.5, 0.6) is 5.75 Å². The van der Waals surface area contributed by atoms with Crippen LogP contribution in [-0.4, -0.2) is 23.6 Å². The summed E-state index contributed by atoms with van der Waals surface area (Å²) in [6.07, 6.45) is 1.80. The summed E-state index contributed by atoms with van der Waals surface area (Å²) in [7, 11) is 0. The van der Waals surface area contributed by atoms with Gasteiger partial charge in [0.25, 0.3) is 11.8 Å². The van der Waals surface area contributed by atoms with Crippen molar-refractivity contribution in [3.05, 3.63) is 94.4 Å². The Morgan fingerprint density at radius 2 is 1.79 bits per heavy atom. The van der Waals surface area contributed by atoms with Gasteiger partial charge >= 0.3 is 0 Å². The number of nitrogens with one attached hydrogen (secondary N) is 2. The van der Waals surface area contributed by atoms with Crippen LogP contribution in [0, 0.1) is 13.8 Å². The van der Waals surface area contributed by atoms with Gasteiger partial charge in [-0.2, -0.15) is 0 Å². The molecule has 4 rings (SSSR count). The summed E-state index contributed by atoms with van der Waals surface area (Å²) < 4.78 is 5.59. The molecule has 1 aliphatic heterocycles. The van der Waals surface area contributed by atoms with E-state index in [9.17, 15) is 9.59 Å². The molecule has 1 fully saturated rings. The minimum absolute atomic E-state index is 0.0923. The van der Waals surface area contributed by atoms with Crippen molar-refractivity contribution < 1.29 is 14.3 Å². The molecule has 0 saturated carbocycles. The molecule has 1 heterocycles. The molecule has 0 radical (unpaired) electrons. The number of rotatable bonds is 6. The van der Waals surface area contributed by atoms with E-state index in [1.165, 1.54) is 17.3 Å². The SMILES string of the molecule is Cc1ccc(NC(=O)COc2ccc(/C=C3/SC(=Nc4ccccc4)NC3=O)cc2)cc1C. The number of aliphatic imine (C=N–C) groups is 1. The van der Waals surface area contributed by atoms with Gasteiger partial charge in [-0.3, -0.25) is 9.59 Å². The van der Waals surface area contributed by atoms with Gasteiger partial charge < -0.3 is 15.4 Å². The average molecular weight is 458 g/mol. The molecule has 1 saturated heterocycles. The molecule has 0 spiro atoms. The van der Waals surface area contributed by atoms with E-state index in [4.69, 9.17) is 4.74 Å². The minimum atomic E-state index is -0.228. The van der Waals surface area contributed by atoms with E-state index in [1.54, 1.807) is 18.2 Å². The third-order valence-corrected chi connectivity index (χ3v) is 5.89. The van der Waals surface area contributed by atoms with E-state index < -0.39 is 0 Å². The molecule has 2 amide bonds. The molecule has 3 aromatic carbocycles. The summed E-state index contributed by atoms with van der Waals surface area (Å²) in [5, 5.41) is 6.16. The number of thioether (sulfide) groups is 1. The van der Waals surface area contributed by atoms with Gasteiger partial charge in [-0.15, -0.1) is 0 Å². The van der Waals surface area contributed by atoms with Gasteiger partial charge in [0, 0.05) is 5.69 Å². The minimum Gasteiger partial charge on any atom is -0.484 e. The number of ether oxygens (including phenoxy) is 1. The van der Waals surface area contributed by atoms with Crippen molar-refractivity contribution in [3.63, 3.8) is 0 Å². The van der Waals surface area contributed by atoms with E-state index >= 15 is 0 Å². The van der Waals surface area contributed by atoms with Crippen molar-refractivity contribution in [2.75, 3.05) is 11.9 Å². The van der Waals surface area contributed by atoms with Gasteiger partial charge in [0.15, 0.2) is 11.8 Å². The van der Waals surface area contributed by atoms with Gasteiger partial charge in [-0.25, -0.2) is 4.99 Å². The van der Waals surface area contributed by atoms with Gasteiger partial charge in [-0.1, -0.05) is 36.4 Å². The first kappa shape index (κ1) is 22.4. The number of carbonyl (C=O) groups excluding carboxylic acids is 2. The highest BCUT2D eigenvalue weighted by molar-refractivity contribution is 8.18. The third-order valence-electron chi connectivity index (χ3n) is 4.98. The van der Waals surface area contributed by atoms with Gasteiger partial charge in [0.1, 0.15) is 5.75 Å². The van der Waals surface area contributed by atoms with E-state index in [0.717, 1.165) is 22.5 Å². The molecular weight excluding hydrogens is 434 g/mol. The Morgan fingerprint density at radius 3 is 2.52 bits per heavy atom. The van der Waals surface area contributed by atoms with Crippen molar-refractivity contribution in [2.24, 2.45) is 4.99 Å². The quantitative estimate of drug-likeness (QED) is 0.498. The van der Waals surface area contributed by atoms with Crippen LogP contribution < -0.4 is 15.4 Å². The second-order valence-electron chi connectivity index (χ2n) is 7.52. The van der Waals surface area contributed by atoms with E-state index in [0.29, 0.717) is 15.8 Å². The standard InChI is InChI=1S/C26H23N3O3S/c1-17-8-11-21(14-18(17)2)27-24(30)16-32-22-12-9-19(10-13-22)15-23-25(31)29-26(33-23)28-20-6-4-3-5-7-20/h3-15H,16H2,1-2H3,(H,27,30)(H,28,29,31)/b23-15+. The number of hydrogen-bond acceptors (Lipinski definition) is 5. The molecule has 33 heavy (non-hydrogen) atoms. The first-order valence-corrected chi connectivity index (χ1v) is 11.2. The Labute approximate surface area is 196 Å². The molecule has 0 bridgehead atoms. The summed E-state index contributed by atoms with van der Waals surface area (Å²) in [5.41, 5.74) is 4.67. The highest BCUT2D eigenvalue weighted by Gasteiger charge is 2.23. The van der Waals surface area contributed by atoms with Crippen LogP contribution in [0.15, 0.2) is 82.7 Å². The zero-order valence-electron chi connectivity index (χ0n) is 18.3. The largest absolute Gasteiger partial charge is 0.484 e. The number of para-hydroxylation sites is 1. The predicted octanol–water partition coefficient (Wildman–Crippen LogP) is 5.21. The molecule has 3 aromatic rings. The molecule has 7 heteroatoms. The maximum absolute atomic E-state index is 12.3. The molecule has 0 atom stereocenters.